The lowest BCUT2D eigenvalue weighted by atomic mass is 10.0. The number of aliphatic hydroxyl groups is 2. The summed E-state index contributed by atoms with van der Waals surface area (Å²) in [4.78, 5) is 0. The molecule has 0 aromatic heterocycles. The molecule has 1 unspecified atom stereocenters. The van der Waals surface area contributed by atoms with Crippen LogP contribution in [0.1, 0.15) is 31.2 Å². The van der Waals surface area contributed by atoms with Crippen molar-refractivity contribution in [2.75, 3.05) is 19.7 Å². The van der Waals surface area contributed by atoms with Crippen LogP contribution in [0.15, 0.2) is 24.3 Å². The molecule has 0 saturated heterocycles. The van der Waals surface area contributed by atoms with Crippen molar-refractivity contribution in [3.8, 4) is 0 Å². The van der Waals surface area contributed by atoms with Crippen LogP contribution in [0, 0.1) is 5.82 Å². The highest BCUT2D eigenvalue weighted by Gasteiger charge is 2.30. The van der Waals surface area contributed by atoms with E-state index in [4.69, 9.17) is 4.74 Å². The van der Waals surface area contributed by atoms with Gasteiger partial charge in [0.1, 0.15) is 5.82 Å². The van der Waals surface area contributed by atoms with E-state index in [2.05, 4.69) is 5.32 Å². The summed E-state index contributed by atoms with van der Waals surface area (Å²) < 4.78 is 18.7. The fourth-order valence-corrected chi connectivity index (χ4v) is 2.66. The second kappa shape index (κ2) is 7.84. The molecule has 21 heavy (non-hydrogen) atoms. The second-order valence-corrected chi connectivity index (χ2v) is 5.82. The Morgan fingerprint density at radius 1 is 1.29 bits per heavy atom. The van der Waals surface area contributed by atoms with Gasteiger partial charge in [0.25, 0.3) is 0 Å². The normalized spacial score (nSPS) is 18.8. The van der Waals surface area contributed by atoms with Crippen molar-refractivity contribution in [2.24, 2.45) is 0 Å². The summed E-state index contributed by atoms with van der Waals surface area (Å²) in [5.41, 5.74) is -0.133. The van der Waals surface area contributed by atoms with E-state index in [1.54, 1.807) is 18.2 Å². The Bertz CT molecular complexity index is 435. The molecular formula is C16H24FNO3. The lowest BCUT2D eigenvalue weighted by Gasteiger charge is -2.23. The van der Waals surface area contributed by atoms with Gasteiger partial charge in [-0.3, -0.25) is 0 Å². The smallest absolute Gasteiger partial charge is 0.128 e. The van der Waals surface area contributed by atoms with Gasteiger partial charge in [0, 0.05) is 18.7 Å². The maximum absolute atomic E-state index is 13.3. The predicted molar refractivity (Wildman–Crippen MR) is 78.4 cm³/mol. The van der Waals surface area contributed by atoms with E-state index in [0.717, 1.165) is 25.7 Å². The highest BCUT2D eigenvalue weighted by molar-refractivity contribution is 5.16. The van der Waals surface area contributed by atoms with Crippen LogP contribution in [0.5, 0.6) is 0 Å². The number of ether oxygens (including phenoxy) is 1. The number of hydrogen-bond donors (Lipinski definition) is 3. The molecule has 1 aliphatic carbocycles. The summed E-state index contributed by atoms with van der Waals surface area (Å²) in [6, 6.07) is 6.43. The molecule has 4 nitrogen and oxygen atoms in total. The van der Waals surface area contributed by atoms with Crippen molar-refractivity contribution in [1.82, 2.24) is 5.32 Å². The number of aliphatic hydroxyl groups excluding tert-OH is 1. The first-order valence-electron chi connectivity index (χ1n) is 7.51. The summed E-state index contributed by atoms with van der Waals surface area (Å²) in [7, 11) is 0. The third-order valence-electron chi connectivity index (χ3n) is 3.89. The highest BCUT2D eigenvalue weighted by Crippen LogP contribution is 2.28. The van der Waals surface area contributed by atoms with E-state index in [1.807, 2.05) is 0 Å². The fraction of sp³-hybridized carbons (Fsp3) is 0.625. The van der Waals surface area contributed by atoms with Gasteiger partial charge >= 0.3 is 0 Å². The summed E-state index contributed by atoms with van der Waals surface area (Å²) >= 11 is 0. The van der Waals surface area contributed by atoms with E-state index in [9.17, 15) is 14.6 Å². The van der Waals surface area contributed by atoms with Crippen LogP contribution in [0.25, 0.3) is 0 Å². The zero-order chi connectivity index (χ0) is 15.1. The number of nitrogens with one attached hydrogen (secondary N) is 1. The molecule has 1 aromatic rings. The van der Waals surface area contributed by atoms with Crippen LogP contribution in [-0.4, -0.2) is 41.6 Å². The van der Waals surface area contributed by atoms with Gasteiger partial charge in [-0.2, -0.15) is 0 Å². The zero-order valence-corrected chi connectivity index (χ0v) is 12.2. The average molecular weight is 297 g/mol. The highest BCUT2D eigenvalue weighted by atomic mass is 19.1. The predicted octanol–water partition coefficient (Wildman–Crippen LogP) is 1.60. The first-order valence-corrected chi connectivity index (χ1v) is 7.51. The lowest BCUT2D eigenvalue weighted by molar-refractivity contribution is 0.0174. The summed E-state index contributed by atoms with van der Waals surface area (Å²) in [5.74, 6) is -0.298. The first-order chi connectivity index (χ1) is 10.1. The number of halogens is 1. The standard InChI is InChI=1S/C16H24FNO3/c17-15-6-2-1-5-13(15)10-21-11-14(19)9-18-12-16(20)7-3-4-8-16/h1-2,5-6,14,18-20H,3-4,7-12H2. The fourth-order valence-electron chi connectivity index (χ4n) is 2.66. The Morgan fingerprint density at radius 2 is 2.00 bits per heavy atom. The van der Waals surface area contributed by atoms with E-state index in [0.29, 0.717) is 18.7 Å². The molecule has 1 atom stereocenters. The van der Waals surface area contributed by atoms with Crippen molar-refractivity contribution in [3.63, 3.8) is 0 Å². The minimum atomic E-state index is -0.665. The van der Waals surface area contributed by atoms with Gasteiger partial charge in [-0.25, -0.2) is 4.39 Å². The molecule has 1 aromatic carbocycles. The topological polar surface area (TPSA) is 61.7 Å². The van der Waals surface area contributed by atoms with E-state index < -0.39 is 11.7 Å². The van der Waals surface area contributed by atoms with Gasteiger partial charge in [0.2, 0.25) is 0 Å². The van der Waals surface area contributed by atoms with Crippen molar-refractivity contribution < 1.29 is 19.3 Å². The van der Waals surface area contributed by atoms with E-state index >= 15 is 0 Å². The minimum Gasteiger partial charge on any atom is -0.389 e. The molecule has 0 spiro atoms. The number of benzene rings is 1. The third-order valence-corrected chi connectivity index (χ3v) is 3.89. The Balaban J connectivity index is 1.59. The third kappa shape index (κ3) is 5.36. The molecule has 0 amide bonds. The van der Waals surface area contributed by atoms with Gasteiger partial charge in [-0.05, 0) is 18.9 Å². The number of rotatable bonds is 8. The SMILES string of the molecule is OC(CNCC1(O)CCCC1)COCc1ccccc1F. The summed E-state index contributed by atoms with van der Waals surface area (Å²) in [6.45, 7) is 1.14. The Morgan fingerprint density at radius 3 is 2.71 bits per heavy atom. The molecule has 3 N–H and O–H groups in total. The first kappa shape index (κ1) is 16.4. The van der Waals surface area contributed by atoms with Crippen LogP contribution in [0.2, 0.25) is 0 Å². The van der Waals surface area contributed by atoms with Crippen molar-refractivity contribution in [2.45, 2.75) is 44.0 Å². The second-order valence-electron chi connectivity index (χ2n) is 5.82. The molecule has 0 heterocycles. The van der Waals surface area contributed by atoms with Crippen LogP contribution in [0.3, 0.4) is 0 Å². The summed E-state index contributed by atoms with van der Waals surface area (Å²) in [5, 5.41) is 23.0. The molecule has 118 valence electrons. The van der Waals surface area contributed by atoms with Gasteiger partial charge in [-0.1, -0.05) is 31.0 Å². The van der Waals surface area contributed by atoms with Crippen LogP contribution >= 0.6 is 0 Å². The van der Waals surface area contributed by atoms with Crippen LogP contribution in [0.4, 0.5) is 4.39 Å². The number of hydrogen-bond acceptors (Lipinski definition) is 4. The Labute approximate surface area is 124 Å². The maximum atomic E-state index is 13.3. The quantitative estimate of drug-likeness (QED) is 0.682. The molecule has 5 heteroatoms. The van der Waals surface area contributed by atoms with E-state index in [1.165, 1.54) is 6.07 Å². The monoisotopic (exact) mass is 297 g/mol. The van der Waals surface area contributed by atoms with Gasteiger partial charge < -0.3 is 20.3 Å². The average Bonchev–Trinajstić information content (AvgIpc) is 2.88. The maximum Gasteiger partial charge on any atom is 0.128 e. The van der Waals surface area contributed by atoms with Gasteiger partial charge in [-0.15, -0.1) is 0 Å². The van der Waals surface area contributed by atoms with Gasteiger partial charge in [0.05, 0.1) is 24.9 Å². The molecule has 1 saturated carbocycles. The molecule has 1 fully saturated rings. The molecule has 0 radical (unpaired) electrons. The molecule has 0 bridgehead atoms. The minimum absolute atomic E-state index is 0.139. The van der Waals surface area contributed by atoms with Gasteiger partial charge in [0.15, 0.2) is 0 Å². The molecule has 0 aliphatic heterocycles. The summed E-state index contributed by atoms with van der Waals surface area (Å²) in [6.07, 6.45) is 3.10. The largest absolute Gasteiger partial charge is 0.389 e. The van der Waals surface area contributed by atoms with Crippen LogP contribution in [-0.2, 0) is 11.3 Å². The zero-order valence-electron chi connectivity index (χ0n) is 12.2. The Kier molecular flexibility index (Phi) is 6.11. The van der Waals surface area contributed by atoms with Crippen molar-refractivity contribution in [1.29, 1.82) is 0 Å². The van der Waals surface area contributed by atoms with Crippen molar-refractivity contribution >= 4 is 0 Å². The van der Waals surface area contributed by atoms with Crippen LogP contribution < -0.4 is 5.32 Å². The lowest BCUT2D eigenvalue weighted by Crippen LogP contribution is -2.41. The molecular weight excluding hydrogens is 273 g/mol. The van der Waals surface area contributed by atoms with E-state index in [-0.39, 0.29) is 19.0 Å². The molecule has 2 rings (SSSR count). The van der Waals surface area contributed by atoms with Crippen molar-refractivity contribution in [3.05, 3.63) is 35.6 Å². The Hall–Kier alpha value is -1.01. The molecule has 1 aliphatic rings.